The fraction of sp³-hybridized carbons (Fsp3) is 0.370. The number of rotatable bonds is 6. The zero-order valence-corrected chi connectivity index (χ0v) is 21.6. The van der Waals surface area contributed by atoms with Crippen LogP contribution in [0, 0.1) is 22.7 Å². The number of hydrogen-bond acceptors (Lipinski definition) is 7. The molecule has 34 heavy (non-hydrogen) atoms. The zero-order chi connectivity index (χ0) is 24.3. The fourth-order valence-electron chi connectivity index (χ4n) is 4.26. The van der Waals surface area contributed by atoms with Crippen LogP contribution in [0.25, 0.3) is 16.8 Å². The predicted octanol–water partition coefficient (Wildman–Crippen LogP) is 7.18. The van der Waals surface area contributed by atoms with E-state index in [2.05, 4.69) is 37.1 Å². The average Bonchev–Trinajstić information content (AvgIpc) is 3.44. The van der Waals surface area contributed by atoms with E-state index in [-0.39, 0.29) is 11.4 Å². The van der Waals surface area contributed by atoms with Gasteiger partial charge in [0, 0.05) is 22.0 Å². The lowest BCUT2D eigenvalue weighted by Crippen LogP contribution is -2.26. The molecule has 0 spiro atoms. The van der Waals surface area contributed by atoms with Gasteiger partial charge in [-0.2, -0.15) is 5.26 Å². The van der Waals surface area contributed by atoms with Crippen molar-refractivity contribution in [2.45, 2.75) is 47.0 Å². The summed E-state index contributed by atoms with van der Waals surface area (Å²) in [5.74, 6) is 0.266. The van der Waals surface area contributed by atoms with Crippen molar-refractivity contribution < 1.29 is 9.53 Å². The van der Waals surface area contributed by atoms with Crippen LogP contribution in [0.1, 0.15) is 59.9 Å². The van der Waals surface area contributed by atoms with Crippen molar-refractivity contribution in [2.75, 3.05) is 11.9 Å². The lowest BCUT2D eigenvalue weighted by atomic mass is 9.72. The molecule has 5 nitrogen and oxygen atoms in total. The molecule has 0 amide bonds. The fourth-order valence-corrected chi connectivity index (χ4v) is 6.34. The lowest BCUT2D eigenvalue weighted by Gasteiger charge is -2.33. The van der Waals surface area contributed by atoms with Crippen LogP contribution in [0.4, 0.5) is 5.00 Å². The number of allylic oxidation sites excluding steroid dienone is 1. The summed E-state index contributed by atoms with van der Waals surface area (Å²) in [5.41, 5.74) is 4.22. The van der Waals surface area contributed by atoms with Gasteiger partial charge in [0.1, 0.15) is 21.7 Å². The van der Waals surface area contributed by atoms with Crippen molar-refractivity contribution >= 4 is 39.2 Å². The van der Waals surface area contributed by atoms with Gasteiger partial charge in [0.25, 0.3) is 0 Å². The molecule has 0 fully saturated rings. The summed E-state index contributed by atoms with van der Waals surface area (Å²) < 4.78 is 5.39. The summed E-state index contributed by atoms with van der Waals surface area (Å²) >= 11 is 3.03. The zero-order valence-electron chi connectivity index (χ0n) is 20.0. The second-order valence-corrected chi connectivity index (χ2v) is 11.4. The van der Waals surface area contributed by atoms with E-state index in [1.54, 1.807) is 17.5 Å². The smallest absolute Gasteiger partial charge is 0.341 e. The molecule has 4 rings (SSSR count). The van der Waals surface area contributed by atoms with Crippen LogP contribution in [0.15, 0.2) is 41.9 Å². The molecular formula is C27H29N3O2S2. The molecule has 2 heterocycles. The Bertz CT molecular complexity index is 1240. The molecule has 2 aromatic heterocycles. The summed E-state index contributed by atoms with van der Waals surface area (Å²) in [7, 11) is 0. The van der Waals surface area contributed by atoms with Crippen molar-refractivity contribution in [1.82, 2.24) is 4.98 Å². The Morgan fingerprint density at radius 2 is 2.09 bits per heavy atom. The second kappa shape index (κ2) is 10.1. The number of thiazole rings is 1. The number of ether oxygens (including phenoxy) is 1. The van der Waals surface area contributed by atoms with Gasteiger partial charge in [-0.15, -0.1) is 22.7 Å². The SMILES string of the molecule is CCOC(=O)c1c(N/C=C(\C#N)c2nc(-c3ccccc3)cs2)sc2c1CCC(C(C)(C)C)C2. The predicted molar refractivity (Wildman–Crippen MR) is 140 cm³/mol. The number of anilines is 1. The number of carbonyl (C=O) groups excluding carboxylic acids is 1. The largest absolute Gasteiger partial charge is 0.462 e. The van der Waals surface area contributed by atoms with Crippen LogP contribution >= 0.6 is 22.7 Å². The number of esters is 1. The molecule has 7 heteroatoms. The molecule has 0 saturated heterocycles. The van der Waals surface area contributed by atoms with Gasteiger partial charge in [0.15, 0.2) is 0 Å². The van der Waals surface area contributed by atoms with Crippen LogP contribution in [0.5, 0.6) is 0 Å². The lowest BCUT2D eigenvalue weighted by molar-refractivity contribution is 0.0526. The van der Waals surface area contributed by atoms with Crippen molar-refractivity contribution in [3.8, 4) is 17.3 Å². The molecule has 176 valence electrons. The third-order valence-corrected chi connectivity index (χ3v) is 8.30. The normalized spacial score (nSPS) is 16.0. The van der Waals surface area contributed by atoms with Gasteiger partial charge >= 0.3 is 5.97 Å². The minimum absolute atomic E-state index is 0.217. The van der Waals surface area contributed by atoms with Crippen molar-refractivity contribution in [3.05, 3.63) is 62.9 Å². The molecule has 3 aromatic rings. The molecule has 1 atom stereocenters. The van der Waals surface area contributed by atoms with E-state index in [0.29, 0.717) is 28.7 Å². The molecule has 1 N–H and O–H groups in total. The summed E-state index contributed by atoms with van der Waals surface area (Å²) in [6.45, 7) is 8.98. The van der Waals surface area contributed by atoms with E-state index in [9.17, 15) is 10.1 Å². The minimum Gasteiger partial charge on any atom is -0.462 e. The number of benzene rings is 1. The number of aromatic nitrogens is 1. The van der Waals surface area contributed by atoms with Gasteiger partial charge in [0.2, 0.25) is 0 Å². The van der Waals surface area contributed by atoms with Gasteiger partial charge in [-0.3, -0.25) is 0 Å². The number of hydrogen-bond donors (Lipinski definition) is 1. The number of thiophene rings is 1. The quantitative estimate of drug-likeness (QED) is 0.292. The van der Waals surface area contributed by atoms with E-state index in [0.717, 1.165) is 41.1 Å². The highest BCUT2D eigenvalue weighted by Crippen LogP contribution is 2.44. The Kier molecular flexibility index (Phi) is 7.20. The Morgan fingerprint density at radius 1 is 1.32 bits per heavy atom. The monoisotopic (exact) mass is 491 g/mol. The molecule has 1 aliphatic rings. The number of nitriles is 1. The van der Waals surface area contributed by atoms with Crippen molar-refractivity contribution in [2.24, 2.45) is 11.3 Å². The van der Waals surface area contributed by atoms with Gasteiger partial charge in [-0.05, 0) is 43.1 Å². The van der Waals surface area contributed by atoms with Gasteiger partial charge in [-0.1, -0.05) is 51.1 Å². The summed E-state index contributed by atoms with van der Waals surface area (Å²) in [6, 6.07) is 12.2. The summed E-state index contributed by atoms with van der Waals surface area (Å²) in [6.07, 6.45) is 4.54. The first-order valence-electron chi connectivity index (χ1n) is 11.5. The Labute approximate surface area is 209 Å². The number of carbonyl (C=O) groups is 1. The number of nitrogens with one attached hydrogen (secondary N) is 1. The molecule has 1 unspecified atom stereocenters. The molecule has 0 aliphatic heterocycles. The standard InChI is InChI=1S/C27H29N3O2S2/c1-5-32-26(31)23-20-12-11-19(27(2,3)4)13-22(20)34-25(23)29-15-18(14-28)24-30-21(16-33-24)17-9-7-6-8-10-17/h6-10,15-16,19,29H,5,11-13H2,1-4H3/b18-15+. The van der Waals surface area contributed by atoms with Crippen LogP contribution in [0.2, 0.25) is 0 Å². The van der Waals surface area contributed by atoms with E-state index >= 15 is 0 Å². The minimum atomic E-state index is -0.302. The molecule has 0 bridgehead atoms. The topological polar surface area (TPSA) is 75.0 Å². The maximum Gasteiger partial charge on any atom is 0.341 e. The molecular weight excluding hydrogens is 462 g/mol. The van der Waals surface area contributed by atoms with Crippen molar-refractivity contribution in [3.63, 3.8) is 0 Å². The third kappa shape index (κ3) is 5.08. The first-order valence-corrected chi connectivity index (χ1v) is 13.2. The maximum atomic E-state index is 12.9. The van der Waals surface area contributed by atoms with Gasteiger partial charge in [0.05, 0.1) is 17.9 Å². The number of fused-ring (bicyclic) bond motifs is 1. The van der Waals surface area contributed by atoms with Crippen molar-refractivity contribution in [1.29, 1.82) is 5.26 Å². The maximum absolute atomic E-state index is 12.9. The van der Waals surface area contributed by atoms with Gasteiger partial charge in [-0.25, -0.2) is 9.78 Å². The summed E-state index contributed by atoms with van der Waals surface area (Å²) in [5, 5.41) is 16.4. The highest BCUT2D eigenvalue weighted by atomic mass is 32.1. The Morgan fingerprint density at radius 3 is 2.76 bits per heavy atom. The van der Waals surface area contributed by atoms with Gasteiger partial charge < -0.3 is 10.1 Å². The third-order valence-electron chi connectivity index (χ3n) is 6.24. The Hall–Kier alpha value is -2.95. The van der Waals surface area contributed by atoms with Crippen LogP contribution < -0.4 is 5.32 Å². The summed E-state index contributed by atoms with van der Waals surface area (Å²) in [4.78, 5) is 18.8. The Balaban J connectivity index is 1.64. The van der Waals surface area contributed by atoms with E-state index in [1.807, 2.05) is 42.6 Å². The first-order chi connectivity index (χ1) is 16.3. The molecule has 1 aliphatic carbocycles. The average molecular weight is 492 g/mol. The van der Waals surface area contributed by atoms with E-state index in [4.69, 9.17) is 4.74 Å². The van der Waals surface area contributed by atoms with Crippen LogP contribution in [0.3, 0.4) is 0 Å². The van der Waals surface area contributed by atoms with E-state index in [1.165, 1.54) is 16.2 Å². The molecule has 0 radical (unpaired) electrons. The molecule has 1 aromatic carbocycles. The highest BCUT2D eigenvalue weighted by Gasteiger charge is 2.34. The molecule has 0 saturated carbocycles. The first kappa shape index (κ1) is 24.2. The highest BCUT2D eigenvalue weighted by molar-refractivity contribution is 7.16. The van der Waals surface area contributed by atoms with Crippen LogP contribution in [-0.2, 0) is 17.6 Å². The number of nitrogens with zero attached hydrogens (tertiary/aromatic N) is 2. The van der Waals surface area contributed by atoms with E-state index < -0.39 is 0 Å². The van der Waals surface area contributed by atoms with Crippen LogP contribution in [-0.4, -0.2) is 17.6 Å². The second-order valence-electron chi connectivity index (χ2n) is 9.45.